The fourth-order valence-electron chi connectivity index (χ4n) is 3.84. The molecule has 32 heavy (non-hydrogen) atoms. The van der Waals surface area contributed by atoms with Gasteiger partial charge in [-0.25, -0.2) is 18.4 Å². The van der Waals surface area contributed by atoms with Gasteiger partial charge in [-0.3, -0.25) is 0 Å². The molecule has 9 heteroatoms. The van der Waals surface area contributed by atoms with Crippen LogP contribution >= 0.6 is 11.6 Å². The quantitative estimate of drug-likeness (QED) is 0.607. The standard InChI is InChI=1S/C23H22ClN5O2S/c1-15-3-6-21(17(9-15)11-25)29-8-7-20-18(13-29)23(28-14-27-20)26-12-16-4-5-19(24)22(10-16)32(2,30)31/h3-6,9-10,14H,7-8,12-13H2,1-2H3,(H,26,27,28). The van der Waals surface area contributed by atoms with Crippen molar-refractivity contribution in [1.82, 2.24) is 9.97 Å². The van der Waals surface area contributed by atoms with Crippen LogP contribution in [0.3, 0.4) is 0 Å². The average molecular weight is 468 g/mol. The summed E-state index contributed by atoms with van der Waals surface area (Å²) in [5.41, 5.74) is 5.31. The first kappa shape index (κ1) is 22.1. The van der Waals surface area contributed by atoms with Crippen molar-refractivity contribution in [2.24, 2.45) is 0 Å². The summed E-state index contributed by atoms with van der Waals surface area (Å²) < 4.78 is 23.9. The number of nitriles is 1. The number of halogens is 1. The summed E-state index contributed by atoms with van der Waals surface area (Å²) in [6, 6.07) is 13.1. The molecule has 0 fully saturated rings. The van der Waals surface area contributed by atoms with Crippen molar-refractivity contribution in [3.8, 4) is 6.07 Å². The van der Waals surface area contributed by atoms with Crippen molar-refractivity contribution in [2.45, 2.75) is 31.3 Å². The number of hydrogen-bond acceptors (Lipinski definition) is 7. The van der Waals surface area contributed by atoms with Gasteiger partial charge in [-0.2, -0.15) is 5.26 Å². The molecule has 0 saturated carbocycles. The Morgan fingerprint density at radius 2 is 2.03 bits per heavy atom. The maximum atomic E-state index is 12.0. The number of aryl methyl sites for hydroxylation is 1. The number of aromatic nitrogens is 2. The van der Waals surface area contributed by atoms with Gasteiger partial charge in [0.2, 0.25) is 0 Å². The molecule has 164 valence electrons. The number of sulfone groups is 1. The van der Waals surface area contributed by atoms with E-state index in [0.717, 1.165) is 47.3 Å². The Labute approximate surface area is 192 Å². The molecule has 0 spiro atoms. The first-order chi connectivity index (χ1) is 15.3. The highest BCUT2D eigenvalue weighted by Gasteiger charge is 2.23. The number of benzene rings is 2. The van der Waals surface area contributed by atoms with E-state index in [-0.39, 0.29) is 9.92 Å². The number of anilines is 2. The molecule has 4 rings (SSSR count). The third-order valence-electron chi connectivity index (χ3n) is 5.47. The zero-order valence-electron chi connectivity index (χ0n) is 17.8. The highest BCUT2D eigenvalue weighted by Crippen LogP contribution is 2.30. The molecule has 0 unspecified atom stereocenters. The predicted octanol–water partition coefficient (Wildman–Crippen LogP) is 3.89. The lowest BCUT2D eigenvalue weighted by Gasteiger charge is -2.31. The molecule has 0 bridgehead atoms. The molecule has 1 N–H and O–H groups in total. The maximum absolute atomic E-state index is 12.0. The number of nitrogens with zero attached hydrogens (tertiary/aromatic N) is 4. The number of hydrogen-bond donors (Lipinski definition) is 1. The van der Waals surface area contributed by atoms with Gasteiger partial charge in [-0.1, -0.05) is 23.7 Å². The van der Waals surface area contributed by atoms with Crippen LogP contribution in [-0.4, -0.2) is 31.2 Å². The Morgan fingerprint density at radius 3 is 2.78 bits per heavy atom. The molecule has 2 aromatic carbocycles. The van der Waals surface area contributed by atoms with Crippen molar-refractivity contribution in [3.63, 3.8) is 0 Å². The Morgan fingerprint density at radius 1 is 1.22 bits per heavy atom. The molecule has 0 aliphatic carbocycles. The minimum absolute atomic E-state index is 0.109. The largest absolute Gasteiger partial charge is 0.366 e. The predicted molar refractivity (Wildman–Crippen MR) is 125 cm³/mol. The Balaban J connectivity index is 1.59. The van der Waals surface area contributed by atoms with Crippen LogP contribution < -0.4 is 10.2 Å². The summed E-state index contributed by atoms with van der Waals surface area (Å²) >= 11 is 6.05. The lowest BCUT2D eigenvalue weighted by molar-refractivity contribution is 0.602. The van der Waals surface area contributed by atoms with Crippen LogP contribution in [-0.2, 0) is 29.3 Å². The lowest BCUT2D eigenvalue weighted by atomic mass is 10.0. The Bertz CT molecular complexity index is 1330. The van der Waals surface area contributed by atoms with Crippen LogP contribution in [0, 0.1) is 18.3 Å². The van der Waals surface area contributed by atoms with Crippen LogP contribution in [0.4, 0.5) is 11.5 Å². The Kier molecular flexibility index (Phi) is 6.04. The summed E-state index contributed by atoms with van der Waals surface area (Å²) in [5, 5.41) is 13.1. The highest BCUT2D eigenvalue weighted by atomic mass is 35.5. The summed E-state index contributed by atoms with van der Waals surface area (Å²) in [5.74, 6) is 0.696. The molecule has 3 aromatic rings. The fourth-order valence-corrected chi connectivity index (χ4v) is 5.17. The van der Waals surface area contributed by atoms with Gasteiger partial charge in [0, 0.05) is 37.9 Å². The zero-order valence-corrected chi connectivity index (χ0v) is 19.3. The molecule has 1 aliphatic heterocycles. The van der Waals surface area contributed by atoms with Crippen LogP contribution in [0.1, 0.15) is 27.9 Å². The van der Waals surface area contributed by atoms with Crippen LogP contribution in [0.2, 0.25) is 5.02 Å². The summed E-state index contributed by atoms with van der Waals surface area (Å²) in [7, 11) is -3.42. The highest BCUT2D eigenvalue weighted by molar-refractivity contribution is 7.90. The van der Waals surface area contributed by atoms with E-state index in [0.29, 0.717) is 24.5 Å². The zero-order chi connectivity index (χ0) is 22.9. The van der Waals surface area contributed by atoms with Crippen molar-refractivity contribution in [3.05, 3.63) is 75.7 Å². The minimum Gasteiger partial charge on any atom is -0.366 e. The first-order valence-electron chi connectivity index (χ1n) is 10.1. The molecule has 0 amide bonds. The van der Waals surface area contributed by atoms with Gasteiger partial charge in [0.05, 0.1) is 26.9 Å². The summed E-state index contributed by atoms with van der Waals surface area (Å²) in [6.07, 6.45) is 3.42. The van der Waals surface area contributed by atoms with Crippen molar-refractivity contribution < 1.29 is 8.42 Å². The molecule has 0 radical (unpaired) electrons. The van der Waals surface area contributed by atoms with E-state index in [9.17, 15) is 13.7 Å². The van der Waals surface area contributed by atoms with E-state index in [1.165, 1.54) is 6.33 Å². The lowest BCUT2D eigenvalue weighted by Crippen LogP contribution is -2.32. The van der Waals surface area contributed by atoms with Gasteiger partial charge in [0.25, 0.3) is 0 Å². The van der Waals surface area contributed by atoms with E-state index >= 15 is 0 Å². The fraction of sp³-hybridized carbons (Fsp3) is 0.261. The summed E-state index contributed by atoms with van der Waals surface area (Å²) in [4.78, 5) is 11.1. The second-order valence-corrected chi connectivity index (χ2v) is 10.2. The third-order valence-corrected chi connectivity index (χ3v) is 7.05. The Hall–Kier alpha value is -3.15. The summed E-state index contributed by atoms with van der Waals surface area (Å²) in [6.45, 7) is 3.69. The van der Waals surface area contributed by atoms with Crippen molar-refractivity contribution in [1.29, 1.82) is 5.26 Å². The van der Waals surface area contributed by atoms with Crippen molar-refractivity contribution >= 4 is 32.9 Å². The smallest absolute Gasteiger partial charge is 0.177 e. The SMILES string of the molecule is Cc1ccc(N2CCc3ncnc(NCc4ccc(Cl)c(S(C)(=O)=O)c4)c3C2)c(C#N)c1. The first-order valence-corrected chi connectivity index (χ1v) is 12.3. The molecule has 1 aromatic heterocycles. The van der Waals surface area contributed by atoms with Crippen LogP contribution in [0.5, 0.6) is 0 Å². The van der Waals surface area contributed by atoms with E-state index < -0.39 is 9.84 Å². The average Bonchev–Trinajstić information content (AvgIpc) is 2.77. The van der Waals surface area contributed by atoms with E-state index in [1.54, 1.807) is 18.2 Å². The van der Waals surface area contributed by atoms with E-state index in [2.05, 4.69) is 26.3 Å². The molecular weight excluding hydrogens is 446 g/mol. The second-order valence-electron chi connectivity index (χ2n) is 7.84. The number of rotatable bonds is 5. The monoisotopic (exact) mass is 467 g/mol. The maximum Gasteiger partial charge on any atom is 0.177 e. The minimum atomic E-state index is -3.42. The molecule has 1 aliphatic rings. The third kappa shape index (κ3) is 4.54. The van der Waals surface area contributed by atoms with Crippen LogP contribution in [0.25, 0.3) is 0 Å². The molecule has 0 saturated heterocycles. The second kappa shape index (κ2) is 8.77. The number of nitrogens with one attached hydrogen (secondary N) is 1. The van der Waals surface area contributed by atoms with Gasteiger partial charge >= 0.3 is 0 Å². The van der Waals surface area contributed by atoms with E-state index in [4.69, 9.17) is 11.6 Å². The molecule has 2 heterocycles. The van der Waals surface area contributed by atoms with Gasteiger partial charge in [0.1, 0.15) is 18.2 Å². The molecular formula is C23H22ClN5O2S. The van der Waals surface area contributed by atoms with Crippen molar-refractivity contribution in [2.75, 3.05) is 23.0 Å². The topological polar surface area (TPSA) is 99.0 Å². The van der Waals surface area contributed by atoms with Gasteiger partial charge in [-0.05, 0) is 42.3 Å². The number of fused-ring (bicyclic) bond motifs is 1. The van der Waals surface area contributed by atoms with Crippen LogP contribution in [0.15, 0.2) is 47.6 Å². The van der Waals surface area contributed by atoms with Gasteiger partial charge < -0.3 is 10.2 Å². The molecule has 7 nitrogen and oxygen atoms in total. The van der Waals surface area contributed by atoms with Gasteiger partial charge in [0.15, 0.2) is 9.84 Å². The molecule has 0 atom stereocenters. The normalized spacial score (nSPS) is 13.4. The van der Waals surface area contributed by atoms with E-state index in [1.807, 2.05) is 25.1 Å². The van der Waals surface area contributed by atoms with Gasteiger partial charge in [-0.15, -0.1) is 0 Å².